The van der Waals surface area contributed by atoms with Gasteiger partial charge in [0.2, 0.25) is 0 Å². The summed E-state index contributed by atoms with van der Waals surface area (Å²) < 4.78 is 20.1. The maximum atomic E-state index is 13.3. The zero-order chi connectivity index (χ0) is 14.8. The minimum absolute atomic E-state index is 0.0270. The lowest BCUT2D eigenvalue weighted by Crippen LogP contribution is -2.21. The summed E-state index contributed by atoms with van der Waals surface area (Å²) in [4.78, 5) is 1.15. The Kier molecular flexibility index (Phi) is 4.08. The van der Waals surface area contributed by atoms with E-state index in [1.165, 1.54) is 6.07 Å². The smallest absolute Gasteiger partial charge is 0.126 e. The highest BCUT2D eigenvalue weighted by molar-refractivity contribution is 7.19. The van der Waals surface area contributed by atoms with Crippen molar-refractivity contribution in [3.63, 3.8) is 0 Å². The van der Waals surface area contributed by atoms with Gasteiger partial charge in [-0.15, -0.1) is 11.3 Å². The zero-order valence-corrected chi connectivity index (χ0v) is 13.0. The largest absolute Gasteiger partial charge is 0.464 e. The topological polar surface area (TPSA) is 25.2 Å². The molecule has 0 aliphatic carbocycles. The molecule has 0 radical (unpaired) electrons. The monoisotopic (exact) mass is 303 g/mol. The predicted molar refractivity (Wildman–Crippen MR) is 85.4 cm³/mol. The summed E-state index contributed by atoms with van der Waals surface area (Å²) in [6.45, 7) is 4.99. The molecule has 0 saturated heterocycles. The molecule has 1 atom stereocenters. The molecule has 0 aliphatic rings. The van der Waals surface area contributed by atoms with E-state index in [9.17, 15) is 4.39 Å². The van der Waals surface area contributed by atoms with E-state index in [2.05, 4.69) is 18.3 Å². The average molecular weight is 303 g/mol. The van der Waals surface area contributed by atoms with Gasteiger partial charge in [0.25, 0.3) is 0 Å². The Balaban J connectivity index is 2.00. The minimum Gasteiger partial charge on any atom is -0.464 e. The van der Waals surface area contributed by atoms with Crippen molar-refractivity contribution in [1.29, 1.82) is 0 Å². The maximum absolute atomic E-state index is 13.3. The molecular weight excluding hydrogens is 285 g/mol. The highest BCUT2D eigenvalue weighted by Gasteiger charge is 2.19. The van der Waals surface area contributed by atoms with Crippen molar-refractivity contribution in [2.45, 2.75) is 26.3 Å². The molecule has 3 rings (SSSR count). The quantitative estimate of drug-likeness (QED) is 0.715. The van der Waals surface area contributed by atoms with E-state index < -0.39 is 0 Å². The van der Waals surface area contributed by atoms with Gasteiger partial charge in [-0.25, -0.2) is 4.39 Å². The third-order valence-electron chi connectivity index (χ3n) is 3.43. The number of aryl methyl sites for hydroxylation is 1. The molecule has 0 amide bonds. The highest BCUT2D eigenvalue weighted by Crippen LogP contribution is 2.34. The van der Waals surface area contributed by atoms with Gasteiger partial charge in [0.05, 0.1) is 0 Å². The fraction of sp³-hybridized carbons (Fsp3) is 0.294. The minimum atomic E-state index is -0.192. The molecule has 1 N–H and O–H groups in total. The van der Waals surface area contributed by atoms with Crippen molar-refractivity contribution in [2.75, 3.05) is 6.54 Å². The van der Waals surface area contributed by atoms with E-state index in [0.29, 0.717) is 0 Å². The Morgan fingerprint density at radius 1 is 1.24 bits per heavy atom. The van der Waals surface area contributed by atoms with Crippen molar-refractivity contribution in [2.24, 2.45) is 0 Å². The molecule has 0 saturated carbocycles. The van der Waals surface area contributed by atoms with E-state index in [1.807, 2.05) is 25.1 Å². The Hall–Kier alpha value is -1.65. The molecule has 21 heavy (non-hydrogen) atoms. The van der Waals surface area contributed by atoms with Crippen LogP contribution in [-0.4, -0.2) is 6.54 Å². The fourth-order valence-corrected chi connectivity index (χ4v) is 3.58. The Labute approximate surface area is 127 Å². The molecule has 0 bridgehead atoms. The Bertz CT molecular complexity index is 746. The van der Waals surface area contributed by atoms with Crippen LogP contribution in [0.15, 0.2) is 40.8 Å². The number of nitrogens with one attached hydrogen (secondary N) is 1. The molecule has 3 aromatic rings. The highest BCUT2D eigenvalue weighted by atomic mass is 32.1. The standard InChI is InChI=1S/C17H18FNOS/c1-3-8-19-17(14-7-4-11(2)20-14)16-9-12-5-6-13(18)10-15(12)21-16/h4-7,9-10,17,19H,3,8H2,1-2H3. The second-order valence-corrected chi connectivity index (χ2v) is 6.28. The molecule has 0 aliphatic heterocycles. The second-order valence-electron chi connectivity index (χ2n) is 5.17. The summed E-state index contributed by atoms with van der Waals surface area (Å²) in [6, 6.07) is 11.0. The van der Waals surface area contributed by atoms with Crippen molar-refractivity contribution in [3.8, 4) is 0 Å². The first-order chi connectivity index (χ1) is 10.2. The van der Waals surface area contributed by atoms with Crippen LogP contribution in [0.2, 0.25) is 0 Å². The van der Waals surface area contributed by atoms with Gasteiger partial charge >= 0.3 is 0 Å². The molecule has 2 nitrogen and oxygen atoms in total. The van der Waals surface area contributed by atoms with Crippen molar-refractivity contribution < 1.29 is 8.81 Å². The fourth-order valence-electron chi connectivity index (χ4n) is 2.41. The maximum Gasteiger partial charge on any atom is 0.126 e. The molecule has 2 aromatic heterocycles. The van der Waals surface area contributed by atoms with E-state index in [1.54, 1.807) is 17.4 Å². The summed E-state index contributed by atoms with van der Waals surface area (Å²) in [5.74, 6) is 1.62. The summed E-state index contributed by atoms with van der Waals surface area (Å²) in [5.41, 5.74) is 0. The van der Waals surface area contributed by atoms with Crippen LogP contribution in [0.3, 0.4) is 0 Å². The lowest BCUT2D eigenvalue weighted by molar-refractivity contribution is 0.433. The van der Waals surface area contributed by atoms with Gasteiger partial charge in [0.1, 0.15) is 23.4 Å². The van der Waals surface area contributed by atoms with E-state index >= 15 is 0 Å². The molecule has 4 heteroatoms. The van der Waals surface area contributed by atoms with Crippen LogP contribution in [0, 0.1) is 12.7 Å². The Morgan fingerprint density at radius 2 is 2.10 bits per heavy atom. The number of thiophene rings is 1. The van der Waals surface area contributed by atoms with Crippen molar-refractivity contribution >= 4 is 21.4 Å². The molecule has 0 spiro atoms. The number of hydrogen-bond acceptors (Lipinski definition) is 3. The van der Waals surface area contributed by atoms with E-state index in [-0.39, 0.29) is 11.9 Å². The summed E-state index contributed by atoms with van der Waals surface area (Å²) in [7, 11) is 0. The number of furan rings is 1. The van der Waals surface area contributed by atoms with E-state index in [4.69, 9.17) is 4.42 Å². The number of fused-ring (bicyclic) bond motifs is 1. The zero-order valence-electron chi connectivity index (χ0n) is 12.2. The Morgan fingerprint density at radius 3 is 2.81 bits per heavy atom. The first kappa shape index (κ1) is 14.3. The molecule has 2 heterocycles. The van der Waals surface area contributed by atoms with Gasteiger partial charge in [-0.05, 0) is 55.6 Å². The lowest BCUT2D eigenvalue weighted by atomic mass is 10.1. The van der Waals surface area contributed by atoms with Crippen molar-refractivity contribution in [1.82, 2.24) is 5.32 Å². The average Bonchev–Trinajstić information content (AvgIpc) is 3.05. The van der Waals surface area contributed by atoms with Crippen LogP contribution in [0.5, 0.6) is 0 Å². The molecular formula is C17H18FNOS. The van der Waals surface area contributed by atoms with Crippen LogP contribution in [0.25, 0.3) is 10.1 Å². The molecule has 1 unspecified atom stereocenters. The molecule has 110 valence electrons. The first-order valence-electron chi connectivity index (χ1n) is 7.16. The van der Waals surface area contributed by atoms with Gasteiger partial charge in [-0.1, -0.05) is 13.0 Å². The summed E-state index contributed by atoms with van der Waals surface area (Å²) in [6.07, 6.45) is 1.05. The SMILES string of the molecule is CCCNC(c1ccc(C)o1)c1cc2ccc(F)cc2s1. The van der Waals surface area contributed by atoms with Gasteiger partial charge in [0.15, 0.2) is 0 Å². The van der Waals surface area contributed by atoms with Gasteiger partial charge < -0.3 is 9.73 Å². The normalized spacial score (nSPS) is 12.9. The molecule has 0 fully saturated rings. The number of hydrogen-bond donors (Lipinski definition) is 1. The number of rotatable bonds is 5. The van der Waals surface area contributed by atoms with Crippen LogP contribution >= 0.6 is 11.3 Å². The van der Waals surface area contributed by atoms with Crippen LogP contribution in [0.4, 0.5) is 4.39 Å². The van der Waals surface area contributed by atoms with Crippen molar-refractivity contribution in [3.05, 3.63) is 58.6 Å². The third kappa shape index (κ3) is 3.01. The van der Waals surface area contributed by atoms with E-state index in [0.717, 1.165) is 39.4 Å². The number of benzene rings is 1. The lowest BCUT2D eigenvalue weighted by Gasteiger charge is -2.14. The van der Waals surface area contributed by atoms with Gasteiger partial charge in [-0.2, -0.15) is 0 Å². The number of halogens is 1. The summed E-state index contributed by atoms with van der Waals surface area (Å²) >= 11 is 1.61. The second kappa shape index (κ2) is 6.00. The summed E-state index contributed by atoms with van der Waals surface area (Å²) in [5, 5.41) is 4.59. The first-order valence-corrected chi connectivity index (χ1v) is 7.97. The van der Waals surface area contributed by atoms with Crippen LogP contribution in [-0.2, 0) is 0 Å². The third-order valence-corrected chi connectivity index (χ3v) is 4.59. The van der Waals surface area contributed by atoms with Crippen LogP contribution in [0.1, 0.15) is 35.8 Å². The van der Waals surface area contributed by atoms with Gasteiger partial charge in [0, 0.05) is 9.58 Å². The van der Waals surface area contributed by atoms with Crippen LogP contribution < -0.4 is 5.32 Å². The molecule has 1 aromatic carbocycles. The predicted octanol–water partition coefficient (Wildman–Crippen LogP) is 5.03. The van der Waals surface area contributed by atoms with Gasteiger partial charge in [-0.3, -0.25) is 0 Å².